The molecule has 0 radical (unpaired) electrons. The van der Waals surface area contributed by atoms with Crippen molar-refractivity contribution in [1.82, 2.24) is 4.98 Å². The quantitative estimate of drug-likeness (QED) is 0.482. The number of rotatable bonds is 3. The Morgan fingerprint density at radius 3 is 2.10 bits per heavy atom. The fourth-order valence-electron chi connectivity index (χ4n) is 2.38. The second kappa shape index (κ2) is 15.7. The van der Waals surface area contributed by atoms with E-state index in [0.717, 1.165) is 30.4 Å². The van der Waals surface area contributed by atoms with Gasteiger partial charge >= 0.3 is 0 Å². The number of phenols is 1. The molecule has 1 fully saturated rings. The number of ether oxygens (including phenoxy) is 1. The maximum Gasteiger partial charge on any atom is 0.240 e. The fourth-order valence-corrected chi connectivity index (χ4v) is 2.38. The summed E-state index contributed by atoms with van der Waals surface area (Å²) in [7, 11) is 0. The molecule has 0 aliphatic carbocycles. The molecule has 8 N–H and O–H groups in total. The summed E-state index contributed by atoms with van der Waals surface area (Å²) in [5.74, 6) is 0.249. The molecule has 1 saturated heterocycles. The number of aromatic amines is 1. The van der Waals surface area contributed by atoms with Crippen molar-refractivity contribution >= 4 is 23.5 Å². The molecule has 166 valence electrons. The third-order valence-corrected chi connectivity index (χ3v) is 3.95. The number of benzene rings is 1. The summed E-state index contributed by atoms with van der Waals surface area (Å²) in [6.07, 6.45) is 8.56. The highest BCUT2D eigenvalue weighted by molar-refractivity contribution is 5.85. The number of hydrogen-bond acceptors (Lipinski definition) is 5. The number of hydrogen-bond donors (Lipinski definition) is 5. The van der Waals surface area contributed by atoms with Crippen LogP contribution in [0.1, 0.15) is 49.8 Å². The zero-order valence-electron chi connectivity index (χ0n) is 18.3. The first kappa shape index (κ1) is 26.8. The van der Waals surface area contributed by atoms with Gasteiger partial charge in [-0.3, -0.25) is 4.79 Å². The van der Waals surface area contributed by atoms with Gasteiger partial charge in [-0.2, -0.15) is 0 Å². The highest BCUT2D eigenvalue weighted by atomic mass is 16.5. The van der Waals surface area contributed by atoms with E-state index in [1.165, 1.54) is 19.3 Å². The first-order valence-electron chi connectivity index (χ1n) is 10.1. The molecule has 30 heavy (non-hydrogen) atoms. The van der Waals surface area contributed by atoms with Crippen molar-refractivity contribution in [1.29, 1.82) is 0 Å². The standard InChI is InChI=1S/C13H15N3O.C5H10O.C3H5NO.C2H6/c1-8-7-16-13(15)10(8)6-11(14)9-4-2-3-5-12(9)17;1-2-4-6-5-3-1;1-2-3(4)5;1-2/h2-7,16-17H,14-15H2,1H3;1-5H2;2H,1H2,(H2,4,5);1-2H3/b11-6-;;;. The Kier molecular flexibility index (Phi) is 14.0. The monoisotopic (exact) mass is 416 g/mol. The molecule has 0 spiro atoms. The lowest BCUT2D eigenvalue weighted by Gasteiger charge is -2.08. The summed E-state index contributed by atoms with van der Waals surface area (Å²) >= 11 is 0. The lowest BCUT2D eigenvalue weighted by Crippen LogP contribution is -2.04. The van der Waals surface area contributed by atoms with E-state index in [1.807, 2.05) is 33.0 Å². The molecule has 2 heterocycles. The highest BCUT2D eigenvalue weighted by Crippen LogP contribution is 2.25. The number of anilines is 1. The Hall–Kier alpha value is -3.19. The molecular formula is C23H36N4O3. The number of aromatic hydroxyl groups is 1. The number of primary amides is 1. The van der Waals surface area contributed by atoms with Gasteiger partial charge in [0.15, 0.2) is 0 Å². The van der Waals surface area contributed by atoms with E-state index in [0.29, 0.717) is 17.1 Å². The van der Waals surface area contributed by atoms with Gasteiger partial charge in [-0.15, -0.1) is 0 Å². The van der Waals surface area contributed by atoms with E-state index < -0.39 is 5.91 Å². The Morgan fingerprint density at radius 1 is 1.17 bits per heavy atom. The Morgan fingerprint density at radius 2 is 1.73 bits per heavy atom. The predicted octanol–water partition coefficient (Wildman–Crippen LogP) is 3.94. The molecule has 1 aliphatic heterocycles. The molecule has 0 atom stereocenters. The van der Waals surface area contributed by atoms with Gasteiger partial charge in [-0.25, -0.2) is 0 Å². The topological polar surface area (TPSA) is 140 Å². The van der Waals surface area contributed by atoms with Gasteiger partial charge in [0, 0.05) is 36.2 Å². The third kappa shape index (κ3) is 10.4. The summed E-state index contributed by atoms with van der Waals surface area (Å²) in [6.45, 7) is 11.0. The number of amides is 1. The summed E-state index contributed by atoms with van der Waals surface area (Å²) < 4.78 is 5.07. The predicted molar refractivity (Wildman–Crippen MR) is 126 cm³/mol. The number of carbonyl (C=O) groups excluding carboxylic acids is 1. The molecule has 0 unspecified atom stereocenters. The van der Waals surface area contributed by atoms with Crippen LogP contribution in [0.3, 0.4) is 0 Å². The van der Waals surface area contributed by atoms with E-state index in [4.69, 9.17) is 16.2 Å². The van der Waals surface area contributed by atoms with Crippen molar-refractivity contribution in [2.24, 2.45) is 11.5 Å². The molecule has 1 amide bonds. The minimum absolute atomic E-state index is 0.160. The van der Waals surface area contributed by atoms with Crippen LogP contribution in [-0.2, 0) is 9.53 Å². The van der Waals surface area contributed by atoms with Crippen LogP contribution in [0.2, 0.25) is 0 Å². The third-order valence-electron chi connectivity index (χ3n) is 3.95. The van der Waals surface area contributed by atoms with Gasteiger partial charge in [0.05, 0.1) is 0 Å². The van der Waals surface area contributed by atoms with Crippen LogP contribution in [0.4, 0.5) is 5.82 Å². The van der Waals surface area contributed by atoms with Gasteiger partial charge < -0.3 is 32.0 Å². The van der Waals surface area contributed by atoms with Crippen LogP contribution >= 0.6 is 0 Å². The van der Waals surface area contributed by atoms with Crippen LogP contribution in [0.5, 0.6) is 5.75 Å². The maximum atomic E-state index is 9.69. The average Bonchev–Trinajstić information content (AvgIpc) is 3.09. The molecular weight excluding hydrogens is 380 g/mol. The van der Waals surface area contributed by atoms with Crippen molar-refractivity contribution < 1.29 is 14.6 Å². The van der Waals surface area contributed by atoms with Crippen molar-refractivity contribution in [2.75, 3.05) is 18.9 Å². The first-order valence-corrected chi connectivity index (χ1v) is 10.1. The number of para-hydroxylation sites is 1. The van der Waals surface area contributed by atoms with E-state index in [1.54, 1.807) is 24.3 Å². The zero-order chi connectivity index (χ0) is 22.9. The van der Waals surface area contributed by atoms with Gasteiger partial charge in [-0.05, 0) is 56.0 Å². The lowest BCUT2D eigenvalue weighted by molar-refractivity contribution is -0.113. The van der Waals surface area contributed by atoms with Crippen molar-refractivity contribution in [3.05, 3.63) is 59.8 Å². The number of nitrogens with two attached hydrogens (primary N) is 3. The van der Waals surface area contributed by atoms with Crippen molar-refractivity contribution in [3.8, 4) is 5.75 Å². The number of aromatic nitrogens is 1. The zero-order valence-corrected chi connectivity index (χ0v) is 18.3. The maximum absolute atomic E-state index is 9.69. The highest BCUT2D eigenvalue weighted by Gasteiger charge is 2.06. The minimum atomic E-state index is -0.481. The van der Waals surface area contributed by atoms with E-state index in [2.05, 4.69) is 17.3 Å². The van der Waals surface area contributed by atoms with Crippen LogP contribution in [-0.4, -0.2) is 29.2 Å². The molecule has 1 aromatic carbocycles. The van der Waals surface area contributed by atoms with E-state index >= 15 is 0 Å². The largest absolute Gasteiger partial charge is 0.507 e. The Bertz CT molecular complexity index is 762. The van der Waals surface area contributed by atoms with Gasteiger partial charge in [0.1, 0.15) is 11.6 Å². The summed E-state index contributed by atoms with van der Waals surface area (Å²) in [5.41, 5.74) is 19.2. The van der Waals surface area contributed by atoms with Gasteiger partial charge in [0.25, 0.3) is 0 Å². The molecule has 0 saturated carbocycles. The summed E-state index contributed by atoms with van der Waals surface area (Å²) in [6, 6.07) is 6.94. The molecule has 0 bridgehead atoms. The second-order valence-electron chi connectivity index (χ2n) is 6.20. The summed E-state index contributed by atoms with van der Waals surface area (Å²) in [5, 5.41) is 9.69. The Labute approximate surface area is 179 Å². The molecule has 2 aromatic rings. The lowest BCUT2D eigenvalue weighted by atomic mass is 10.1. The number of aryl methyl sites for hydroxylation is 1. The normalized spacial score (nSPS) is 12.7. The van der Waals surface area contributed by atoms with Gasteiger partial charge in [-0.1, -0.05) is 32.6 Å². The molecule has 3 rings (SSSR count). The number of nitrogens with one attached hydrogen (secondary N) is 1. The SMILES string of the molecule is C1CCOCC1.C=CC(N)=O.CC.Cc1c[nH]c(N)c1/C=C(\N)c1ccccc1O. The fraction of sp³-hybridized carbons (Fsp3) is 0.348. The van der Waals surface area contributed by atoms with Crippen LogP contribution < -0.4 is 17.2 Å². The van der Waals surface area contributed by atoms with E-state index in [-0.39, 0.29) is 5.75 Å². The summed E-state index contributed by atoms with van der Waals surface area (Å²) in [4.78, 5) is 12.4. The average molecular weight is 417 g/mol. The van der Waals surface area contributed by atoms with E-state index in [9.17, 15) is 9.90 Å². The molecule has 1 aliphatic rings. The smallest absolute Gasteiger partial charge is 0.240 e. The van der Waals surface area contributed by atoms with Gasteiger partial charge in [0.2, 0.25) is 5.91 Å². The van der Waals surface area contributed by atoms with Crippen LogP contribution in [0.15, 0.2) is 43.1 Å². The number of nitrogen functional groups attached to an aromatic ring is 1. The second-order valence-corrected chi connectivity index (χ2v) is 6.20. The van der Waals surface area contributed by atoms with Crippen molar-refractivity contribution in [3.63, 3.8) is 0 Å². The first-order chi connectivity index (χ1) is 14.4. The Balaban J connectivity index is 0.000000531. The van der Waals surface area contributed by atoms with Crippen molar-refractivity contribution in [2.45, 2.75) is 40.0 Å². The number of phenolic OH excluding ortho intramolecular Hbond substituents is 1. The van der Waals surface area contributed by atoms with Crippen LogP contribution in [0.25, 0.3) is 11.8 Å². The molecule has 7 nitrogen and oxygen atoms in total. The molecule has 1 aromatic heterocycles. The molecule has 7 heteroatoms. The number of carbonyl (C=O) groups is 1. The minimum Gasteiger partial charge on any atom is -0.507 e. The number of H-pyrrole nitrogens is 1. The van der Waals surface area contributed by atoms with Crippen LogP contribution in [0, 0.1) is 6.92 Å².